The quantitative estimate of drug-likeness (QED) is 0.229. The van der Waals surface area contributed by atoms with Gasteiger partial charge in [0.1, 0.15) is 17.5 Å². The van der Waals surface area contributed by atoms with Crippen LogP contribution >= 0.6 is 22.6 Å². The molecule has 0 bridgehead atoms. The molecule has 1 aliphatic heterocycles. The van der Waals surface area contributed by atoms with Gasteiger partial charge in [0, 0.05) is 0 Å². The highest BCUT2D eigenvalue weighted by Crippen LogP contribution is 2.35. The van der Waals surface area contributed by atoms with Crippen molar-refractivity contribution < 1.29 is 33.0 Å². The average molecular weight is 551 g/mol. The fraction of sp³-hybridized carbons (Fsp3) is 0.238. The van der Waals surface area contributed by atoms with Crippen molar-refractivity contribution in [3.63, 3.8) is 0 Å². The summed E-state index contributed by atoms with van der Waals surface area (Å²) in [6.07, 6.45) is 1.51. The van der Waals surface area contributed by atoms with Crippen molar-refractivity contribution in [3.05, 3.63) is 50.6 Å². The van der Waals surface area contributed by atoms with E-state index in [2.05, 4.69) is 10.1 Å². The number of carbonyl (C=O) groups excluding carboxylic acids is 3. The summed E-state index contributed by atoms with van der Waals surface area (Å²) in [6.45, 7) is 1.90. The molecule has 2 heterocycles. The second-order valence-electron chi connectivity index (χ2n) is 6.35. The van der Waals surface area contributed by atoms with Crippen LogP contribution in [0.2, 0.25) is 0 Å². The number of imide groups is 1. The van der Waals surface area contributed by atoms with Crippen molar-refractivity contribution in [1.29, 1.82) is 5.26 Å². The highest BCUT2D eigenvalue weighted by atomic mass is 127. The van der Waals surface area contributed by atoms with Gasteiger partial charge in [0.25, 0.3) is 5.91 Å². The summed E-state index contributed by atoms with van der Waals surface area (Å²) in [4.78, 5) is 37.6. The molecule has 2 aromatic rings. The van der Waals surface area contributed by atoms with Gasteiger partial charge in [-0.3, -0.25) is 9.69 Å². The van der Waals surface area contributed by atoms with E-state index in [1.54, 1.807) is 12.1 Å². The minimum atomic E-state index is -0.657. The Balaban J connectivity index is 1.83. The number of halogens is 1. The number of rotatable bonds is 8. The number of nitrogens with one attached hydrogen (secondary N) is 1. The first kappa shape index (κ1) is 23.1. The Morgan fingerprint density at radius 1 is 1.31 bits per heavy atom. The zero-order chi connectivity index (χ0) is 23.3. The van der Waals surface area contributed by atoms with Gasteiger partial charge in [-0.15, -0.1) is 0 Å². The lowest BCUT2D eigenvalue weighted by Gasteiger charge is -2.13. The van der Waals surface area contributed by atoms with E-state index >= 15 is 0 Å². The number of amides is 3. The molecule has 3 rings (SSSR count). The molecule has 10 nitrogen and oxygen atoms in total. The Morgan fingerprint density at radius 3 is 2.78 bits per heavy atom. The van der Waals surface area contributed by atoms with Gasteiger partial charge in [-0.05, 0) is 65.4 Å². The predicted octanol–water partition coefficient (Wildman–Crippen LogP) is 3.06. The maximum absolute atomic E-state index is 12.8. The number of carbonyl (C=O) groups is 3. The minimum Gasteiger partial charge on any atom is -0.490 e. The van der Waals surface area contributed by atoms with Crippen molar-refractivity contribution >= 4 is 46.6 Å². The predicted molar refractivity (Wildman–Crippen MR) is 119 cm³/mol. The van der Waals surface area contributed by atoms with Crippen LogP contribution in [0.25, 0.3) is 6.08 Å². The van der Waals surface area contributed by atoms with E-state index in [9.17, 15) is 14.4 Å². The molecule has 1 N–H and O–H groups in total. The smallest absolute Gasteiger partial charge is 0.373 e. The van der Waals surface area contributed by atoms with Gasteiger partial charge in [-0.2, -0.15) is 5.26 Å². The van der Waals surface area contributed by atoms with Gasteiger partial charge in [0.15, 0.2) is 18.1 Å². The zero-order valence-corrected chi connectivity index (χ0v) is 19.3. The van der Waals surface area contributed by atoms with E-state index in [4.69, 9.17) is 19.2 Å². The Labute approximate surface area is 196 Å². The molecule has 0 radical (unpaired) electrons. The van der Waals surface area contributed by atoms with Crippen LogP contribution in [-0.2, 0) is 16.1 Å². The second-order valence-corrected chi connectivity index (χ2v) is 7.51. The van der Waals surface area contributed by atoms with Crippen LogP contribution in [0, 0.1) is 14.9 Å². The largest absolute Gasteiger partial charge is 0.490 e. The maximum Gasteiger partial charge on any atom is 0.373 e. The first-order valence-corrected chi connectivity index (χ1v) is 10.4. The molecule has 1 aromatic heterocycles. The highest BCUT2D eigenvalue weighted by molar-refractivity contribution is 14.1. The van der Waals surface area contributed by atoms with Crippen LogP contribution in [0.15, 0.2) is 34.4 Å². The van der Waals surface area contributed by atoms with E-state index in [1.807, 2.05) is 35.6 Å². The summed E-state index contributed by atoms with van der Waals surface area (Å²) in [5.41, 5.74) is 0.664. The van der Waals surface area contributed by atoms with Crippen LogP contribution in [0.5, 0.6) is 11.5 Å². The molecule has 11 heteroatoms. The summed E-state index contributed by atoms with van der Waals surface area (Å²) in [5, 5.41) is 11.3. The molecule has 1 aromatic carbocycles. The third-order valence-electron chi connectivity index (χ3n) is 4.25. The van der Waals surface area contributed by atoms with E-state index in [0.29, 0.717) is 27.2 Å². The molecule has 1 aliphatic rings. The van der Waals surface area contributed by atoms with Crippen molar-refractivity contribution in [2.75, 3.05) is 20.3 Å². The lowest BCUT2D eigenvalue weighted by molar-refractivity contribution is -0.123. The summed E-state index contributed by atoms with van der Waals surface area (Å²) in [5.74, 6) is -0.135. The fourth-order valence-corrected chi connectivity index (χ4v) is 3.67. The summed E-state index contributed by atoms with van der Waals surface area (Å²) in [7, 11) is 1.22. The Morgan fingerprint density at radius 2 is 2.09 bits per heavy atom. The summed E-state index contributed by atoms with van der Waals surface area (Å²) in [6, 6.07) is 7.58. The number of nitrogens with zero attached hydrogens (tertiary/aromatic N) is 2. The molecule has 0 unspecified atom stereocenters. The third-order valence-corrected chi connectivity index (χ3v) is 5.05. The fourth-order valence-electron chi connectivity index (χ4n) is 2.89. The van der Waals surface area contributed by atoms with Gasteiger partial charge in [-0.1, -0.05) is 0 Å². The molecule has 0 spiro atoms. The Kier molecular flexibility index (Phi) is 7.37. The van der Waals surface area contributed by atoms with Crippen LogP contribution in [0.1, 0.15) is 28.8 Å². The first-order valence-electron chi connectivity index (χ1n) is 9.35. The van der Waals surface area contributed by atoms with Gasteiger partial charge in [-0.25, -0.2) is 9.59 Å². The summed E-state index contributed by atoms with van der Waals surface area (Å²) >= 11 is 2.04. The molecular formula is C21H18IN3O7. The molecule has 1 fully saturated rings. The number of benzene rings is 1. The van der Waals surface area contributed by atoms with E-state index in [1.165, 1.54) is 25.3 Å². The Hall–Kier alpha value is -3.53. The Bertz CT molecular complexity index is 1130. The lowest BCUT2D eigenvalue weighted by atomic mass is 10.1. The molecule has 0 atom stereocenters. The number of methoxy groups -OCH3 is 1. The van der Waals surface area contributed by atoms with Gasteiger partial charge in [0.2, 0.25) is 5.76 Å². The van der Waals surface area contributed by atoms with Crippen molar-refractivity contribution in [1.82, 2.24) is 10.2 Å². The number of ether oxygens (including phenoxy) is 3. The topological polar surface area (TPSA) is 131 Å². The molecular weight excluding hydrogens is 533 g/mol. The zero-order valence-electron chi connectivity index (χ0n) is 17.1. The van der Waals surface area contributed by atoms with Crippen LogP contribution in [0.3, 0.4) is 0 Å². The van der Waals surface area contributed by atoms with Crippen LogP contribution in [0.4, 0.5) is 4.79 Å². The van der Waals surface area contributed by atoms with E-state index in [-0.39, 0.29) is 30.4 Å². The van der Waals surface area contributed by atoms with Crippen molar-refractivity contribution in [2.24, 2.45) is 0 Å². The number of urea groups is 1. The monoisotopic (exact) mass is 551 g/mol. The van der Waals surface area contributed by atoms with E-state index < -0.39 is 17.9 Å². The second kappa shape index (κ2) is 10.2. The van der Waals surface area contributed by atoms with Crippen LogP contribution in [-0.4, -0.2) is 43.1 Å². The highest BCUT2D eigenvalue weighted by Gasteiger charge is 2.34. The number of hydrogen-bond acceptors (Lipinski definition) is 8. The average Bonchev–Trinajstić information content (AvgIpc) is 3.33. The molecule has 1 saturated heterocycles. The molecule has 0 saturated carbocycles. The minimum absolute atomic E-state index is 0.0259. The third kappa shape index (κ3) is 5.02. The van der Waals surface area contributed by atoms with Crippen molar-refractivity contribution in [3.8, 4) is 17.6 Å². The van der Waals surface area contributed by atoms with Crippen molar-refractivity contribution in [2.45, 2.75) is 13.5 Å². The number of nitriles is 1. The number of esters is 1. The standard InChI is InChI=1S/C21H18IN3O7/c1-3-30-17-10-12(8-14(22)18(17)31-7-6-23)9-15-19(26)25(21(28)24-15)11-13-4-5-16(32-13)20(27)29-2/h4-5,8-10H,3,7,11H2,1-2H3,(H,24,28)/b15-9-. The first-order chi connectivity index (χ1) is 15.4. The summed E-state index contributed by atoms with van der Waals surface area (Å²) < 4.78 is 21.6. The van der Waals surface area contributed by atoms with Crippen LogP contribution < -0.4 is 14.8 Å². The SMILES string of the molecule is CCOc1cc(/C=C2\NC(=O)N(Cc3ccc(C(=O)OC)o3)C2=O)cc(I)c1OCC#N. The van der Waals surface area contributed by atoms with Gasteiger partial charge in [0.05, 0.1) is 23.8 Å². The van der Waals surface area contributed by atoms with Gasteiger partial charge >= 0.3 is 12.0 Å². The molecule has 3 amide bonds. The molecule has 166 valence electrons. The molecule has 32 heavy (non-hydrogen) atoms. The van der Waals surface area contributed by atoms with E-state index in [0.717, 1.165) is 4.90 Å². The lowest BCUT2D eigenvalue weighted by Crippen LogP contribution is -2.30. The maximum atomic E-state index is 12.8. The molecule has 0 aliphatic carbocycles. The number of furan rings is 1. The van der Waals surface area contributed by atoms with Gasteiger partial charge < -0.3 is 23.9 Å². The normalized spacial score (nSPS) is 14.3. The number of hydrogen-bond donors (Lipinski definition) is 1.